The van der Waals surface area contributed by atoms with Crippen molar-refractivity contribution in [2.45, 2.75) is 26.4 Å². The molecule has 0 saturated heterocycles. The molecule has 3 heterocycles. The number of aromatic amines is 1. The van der Waals surface area contributed by atoms with Crippen LogP contribution in [0, 0.1) is 0 Å². The van der Waals surface area contributed by atoms with Crippen molar-refractivity contribution in [3.05, 3.63) is 65.3 Å². The Balaban J connectivity index is 0.000000352. The van der Waals surface area contributed by atoms with Crippen LogP contribution in [-0.4, -0.2) is 37.0 Å². The van der Waals surface area contributed by atoms with Gasteiger partial charge in [0.05, 0.1) is 11.7 Å². The van der Waals surface area contributed by atoms with Gasteiger partial charge in [0, 0.05) is 36.5 Å². The zero-order chi connectivity index (χ0) is 20.7. The number of aliphatic hydroxyl groups excluding tert-OH is 1. The van der Waals surface area contributed by atoms with Crippen LogP contribution in [0.15, 0.2) is 59.8 Å². The number of alkyl halides is 1. The van der Waals surface area contributed by atoms with Gasteiger partial charge in [-0.3, -0.25) is 14.2 Å². The Hall–Kier alpha value is -2.84. The van der Waals surface area contributed by atoms with Crippen molar-refractivity contribution in [3.8, 4) is 16.1 Å². The molecule has 4 rings (SSSR count). The van der Waals surface area contributed by atoms with Gasteiger partial charge in [0.25, 0.3) is 5.56 Å². The predicted molar refractivity (Wildman–Crippen MR) is 112 cm³/mol. The second-order valence-electron chi connectivity index (χ2n) is 6.70. The molecule has 0 amide bonds. The van der Waals surface area contributed by atoms with E-state index in [9.17, 15) is 9.18 Å². The van der Waals surface area contributed by atoms with Crippen molar-refractivity contribution >= 4 is 22.4 Å². The third-order valence-electron chi connectivity index (χ3n) is 3.26. The van der Waals surface area contributed by atoms with Gasteiger partial charge in [-0.05, 0) is 50.0 Å². The summed E-state index contributed by atoms with van der Waals surface area (Å²) >= 11 is 1.26. The van der Waals surface area contributed by atoms with Gasteiger partial charge in [-0.2, -0.15) is 5.10 Å². The highest BCUT2D eigenvalue weighted by Gasteiger charge is 2.06. The van der Waals surface area contributed by atoms with E-state index in [0.717, 1.165) is 34.1 Å². The minimum atomic E-state index is -1.00. The number of hydrogen-bond donors (Lipinski definition) is 2. The number of nitrogens with zero attached hydrogens (tertiary/aromatic N) is 3. The van der Waals surface area contributed by atoms with E-state index in [2.05, 4.69) is 14.5 Å². The summed E-state index contributed by atoms with van der Waals surface area (Å²) in [6.45, 7) is 4.56. The van der Waals surface area contributed by atoms with Crippen molar-refractivity contribution in [2.24, 2.45) is 0 Å². The molecule has 0 unspecified atom stereocenters. The Labute approximate surface area is 166 Å². The van der Waals surface area contributed by atoms with Crippen molar-refractivity contribution in [1.82, 2.24) is 19.1 Å². The van der Waals surface area contributed by atoms with Crippen molar-refractivity contribution in [2.75, 3.05) is 7.11 Å². The molecule has 0 atom stereocenters. The van der Waals surface area contributed by atoms with Crippen LogP contribution in [-0.2, 0) is 0 Å². The number of pyridine rings is 1. The van der Waals surface area contributed by atoms with E-state index >= 15 is 0 Å². The molecule has 0 radical (unpaired) electrons. The van der Waals surface area contributed by atoms with Crippen LogP contribution in [0.4, 0.5) is 4.39 Å². The highest BCUT2D eigenvalue weighted by Crippen LogP contribution is 2.24. The van der Waals surface area contributed by atoms with Crippen LogP contribution in [0.5, 0.6) is 0 Å². The number of aliphatic hydroxyl groups is 1. The Morgan fingerprint density at radius 1 is 1.14 bits per heavy atom. The fraction of sp³-hybridized carbons (Fsp3) is 0.250. The van der Waals surface area contributed by atoms with Gasteiger partial charge in [0.1, 0.15) is 10.7 Å². The number of nitrogens with one attached hydrogen (secondary N) is 1. The van der Waals surface area contributed by atoms with E-state index in [0.29, 0.717) is 0 Å². The molecule has 4 aromatic rings. The summed E-state index contributed by atoms with van der Waals surface area (Å²) in [5.41, 5.74) is 1.88. The number of benzene rings is 1. The van der Waals surface area contributed by atoms with Gasteiger partial charge in [0.15, 0.2) is 0 Å². The van der Waals surface area contributed by atoms with Crippen LogP contribution in [0.2, 0.25) is 0 Å². The lowest BCUT2D eigenvalue weighted by molar-refractivity contribution is 0.246. The number of fused-ring (bicyclic) bond motifs is 1. The summed E-state index contributed by atoms with van der Waals surface area (Å²) in [4.78, 5) is 15.6. The monoisotopic (exact) mass is 402 g/mol. The van der Waals surface area contributed by atoms with Gasteiger partial charge in [-0.15, -0.1) is 0 Å². The number of hydrogen-bond acceptors (Lipinski definition) is 5. The van der Waals surface area contributed by atoms with E-state index < -0.39 is 5.67 Å². The van der Waals surface area contributed by atoms with E-state index in [-0.39, 0.29) is 5.56 Å². The average molecular weight is 402 g/mol. The molecular formula is C20H23FN4O2S. The largest absolute Gasteiger partial charge is 0.400 e. The summed E-state index contributed by atoms with van der Waals surface area (Å²) < 4.78 is 16.0. The Morgan fingerprint density at radius 2 is 1.86 bits per heavy atom. The molecule has 2 N–H and O–H groups in total. The fourth-order valence-corrected chi connectivity index (χ4v) is 2.85. The molecule has 1 aromatic carbocycles. The highest BCUT2D eigenvalue weighted by atomic mass is 32.1. The maximum absolute atomic E-state index is 11.7. The van der Waals surface area contributed by atoms with Crippen LogP contribution >= 0.6 is 11.5 Å². The molecule has 0 aliphatic carbocycles. The Kier molecular flexibility index (Phi) is 7.19. The first-order valence-electron chi connectivity index (χ1n) is 8.52. The van der Waals surface area contributed by atoms with Crippen LogP contribution in [0.1, 0.15) is 20.8 Å². The maximum Gasteiger partial charge on any atom is 0.260 e. The first-order chi connectivity index (χ1) is 13.3. The predicted octanol–water partition coefficient (Wildman–Crippen LogP) is 4.20. The normalized spacial score (nSPS) is 10.6. The van der Waals surface area contributed by atoms with E-state index in [1.165, 1.54) is 38.4 Å². The standard InChI is InChI=1S/C15H10N4OS.C4H9F.CH4O/c20-14-7-15(21-18-14)19-9-12(8-17-19)11-4-3-10-2-1-5-16-13(10)6-11;1-4(2,3)5;1-2/h1-9H,(H,18,20);1-3H3;2H,1H3. The van der Waals surface area contributed by atoms with Gasteiger partial charge >= 0.3 is 0 Å². The molecule has 0 aliphatic heterocycles. The summed E-state index contributed by atoms with van der Waals surface area (Å²) in [6, 6.07) is 11.6. The molecule has 0 aliphatic rings. The Morgan fingerprint density at radius 3 is 2.50 bits per heavy atom. The van der Waals surface area contributed by atoms with Crippen LogP contribution in [0.3, 0.4) is 0 Å². The number of H-pyrrole nitrogens is 1. The van der Waals surface area contributed by atoms with Gasteiger partial charge in [-0.1, -0.05) is 18.2 Å². The number of halogens is 1. The summed E-state index contributed by atoms with van der Waals surface area (Å²) in [5.74, 6) is 0. The minimum Gasteiger partial charge on any atom is -0.400 e. The smallest absolute Gasteiger partial charge is 0.260 e. The van der Waals surface area contributed by atoms with Crippen LogP contribution in [0.25, 0.3) is 27.0 Å². The second kappa shape index (κ2) is 9.38. The van der Waals surface area contributed by atoms with Gasteiger partial charge in [-0.25, -0.2) is 9.07 Å². The third-order valence-corrected chi connectivity index (χ3v) is 4.08. The van der Waals surface area contributed by atoms with Gasteiger partial charge < -0.3 is 5.11 Å². The molecule has 8 heteroatoms. The summed E-state index contributed by atoms with van der Waals surface area (Å²) in [6.07, 6.45) is 5.48. The first-order valence-corrected chi connectivity index (χ1v) is 9.33. The van der Waals surface area contributed by atoms with E-state index in [4.69, 9.17) is 5.11 Å². The number of rotatable bonds is 2. The van der Waals surface area contributed by atoms with Crippen molar-refractivity contribution < 1.29 is 9.50 Å². The molecule has 0 bridgehead atoms. The zero-order valence-electron chi connectivity index (χ0n) is 16.2. The number of aromatic nitrogens is 4. The fourth-order valence-electron chi connectivity index (χ4n) is 2.22. The lowest BCUT2D eigenvalue weighted by atomic mass is 10.1. The van der Waals surface area contributed by atoms with Crippen molar-refractivity contribution in [1.29, 1.82) is 0 Å². The summed E-state index contributed by atoms with van der Waals surface area (Å²) in [7, 11) is 1.00. The molecule has 0 fully saturated rings. The molecule has 0 saturated carbocycles. The van der Waals surface area contributed by atoms with Crippen molar-refractivity contribution in [3.63, 3.8) is 0 Å². The lowest BCUT2D eigenvalue weighted by Gasteiger charge is -2.00. The maximum atomic E-state index is 11.7. The zero-order valence-corrected chi connectivity index (χ0v) is 17.0. The Bertz CT molecular complexity index is 1070. The molecule has 0 spiro atoms. The quantitative estimate of drug-likeness (QED) is 0.526. The second-order valence-corrected chi connectivity index (χ2v) is 7.53. The molecular weight excluding hydrogens is 379 g/mol. The highest BCUT2D eigenvalue weighted by molar-refractivity contribution is 7.08. The minimum absolute atomic E-state index is 0.109. The molecule has 148 valence electrons. The molecule has 3 aromatic heterocycles. The first kappa shape index (κ1) is 21.5. The van der Waals surface area contributed by atoms with E-state index in [1.54, 1.807) is 17.1 Å². The average Bonchev–Trinajstić information content (AvgIpc) is 3.31. The van der Waals surface area contributed by atoms with Gasteiger partial charge in [0.2, 0.25) is 0 Å². The third kappa shape index (κ3) is 6.11. The molecule has 28 heavy (non-hydrogen) atoms. The topological polar surface area (TPSA) is 83.8 Å². The lowest BCUT2D eigenvalue weighted by Crippen LogP contribution is -2.01. The van der Waals surface area contributed by atoms with E-state index in [1.807, 2.05) is 36.5 Å². The van der Waals surface area contributed by atoms with Crippen LogP contribution < -0.4 is 5.56 Å². The molecule has 6 nitrogen and oxygen atoms in total. The summed E-state index contributed by atoms with van der Waals surface area (Å²) in [5, 5.41) is 13.2. The SMILES string of the molecule is CC(C)(C)F.CO.O=c1cc(-n2cc(-c3ccc4cccnc4c3)cn2)s[nH]1.